The van der Waals surface area contributed by atoms with Gasteiger partial charge >= 0.3 is 5.97 Å². The minimum absolute atomic E-state index is 0.378. The van der Waals surface area contributed by atoms with Crippen LogP contribution in [0.25, 0.3) is 0 Å². The number of benzene rings is 1. The number of hydrogen-bond donors (Lipinski definition) is 2. The fraction of sp³-hybridized carbons (Fsp3) is 0.417. The lowest BCUT2D eigenvalue weighted by atomic mass is 10.0. The molecule has 0 fully saturated rings. The maximum atomic E-state index is 10.6. The third-order valence-electron chi connectivity index (χ3n) is 2.58. The first-order valence-corrected chi connectivity index (χ1v) is 6.43. The van der Waals surface area contributed by atoms with Gasteiger partial charge in [0, 0.05) is 5.25 Å². The highest BCUT2D eigenvalue weighted by Crippen LogP contribution is 2.25. The molecule has 3 N–H and O–H groups in total. The van der Waals surface area contributed by atoms with Crippen molar-refractivity contribution in [2.24, 2.45) is 5.73 Å². The summed E-state index contributed by atoms with van der Waals surface area (Å²) in [5.74, 6) is -0.957. The average molecular weight is 239 g/mol. The average Bonchev–Trinajstić information content (AvgIpc) is 2.28. The summed E-state index contributed by atoms with van der Waals surface area (Å²) < 4.78 is 0. The molecule has 1 unspecified atom stereocenters. The van der Waals surface area contributed by atoms with Gasteiger partial charge in [0.1, 0.15) is 6.04 Å². The lowest BCUT2D eigenvalue weighted by Crippen LogP contribution is -2.32. The van der Waals surface area contributed by atoms with E-state index in [2.05, 4.69) is 13.2 Å². The van der Waals surface area contributed by atoms with Crippen LogP contribution in [0.2, 0.25) is 0 Å². The smallest absolute Gasteiger partial charge is 0.320 e. The van der Waals surface area contributed by atoms with Gasteiger partial charge in [-0.25, -0.2) is 0 Å². The number of rotatable bonds is 5. The Kier molecular flexibility index (Phi) is 4.83. The monoisotopic (exact) mass is 239 g/mol. The van der Waals surface area contributed by atoms with Crippen molar-refractivity contribution >= 4 is 17.7 Å². The van der Waals surface area contributed by atoms with E-state index < -0.39 is 12.0 Å². The second kappa shape index (κ2) is 5.92. The first kappa shape index (κ1) is 13.1. The number of nitrogens with two attached hydrogens (primary N) is 1. The third kappa shape index (κ3) is 3.54. The zero-order valence-corrected chi connectivity index (χ0v) is 10.3. The van der Waals surface area contributed by atoms with Crippen molar-refractivity contribution in [2.45, 2.75) is 24.6 Å². The molecule has 1 aromatic rings. The van der Waals surface area contributed by atoms with Crippen LogP contribution in [-0.2, 0) is 11.2 Å². The minimum atomic E-state index is -0.957. The molecule has 2 atom stereocenters. The summed E-state index contributed by atoms with van der Waals surface area (Å²) in [7, 11) is 0. The molecule has 0 amide bonds. The van der Waals surface area contributed by atoms with Gasteiger partial charge in [0.15, 0.2) is 0 Å². The molecule has 16 heavy (non-hydrogen) atoms. The number of thioether (sulfide) groups is 1. The van der Waals surface area contributed by atoms with Crippen molar-refractivity contribution in [1.82, 2.24) is 0 Å². The molecule has 4 heteroatoms. The predicted octanol–water partition coefficient (Wildman–Crippen LogP) is 2.06. The summed E-state index contributed by atoms with van der Waals surface area (Å²) in [6, 6.07) is 7.15. The van der Waals surface area contributed by atoms with Crippen molar-refractivity contribution in [2.75, 3.05) is 6.26 Å². The lowest BCUT2D eigenvalue weighted by Gasteiger charge is -2.10. The van der Waals surface area contributed by atoms with Gasteiger partial charge in [-0.05, 0) is 30.7 Å². The Hall–Kier alpha value is -1.00. The number of carboxylic acid groups (broad SMARTS) is 1. The second-order valence-corrected chi connectivity index (χ2v) is 4.95. The van der Waals surface area contributed by atoms with Gasteiger partial charge in [-0.2, -0.15) is 11.8 Å². The van der Waals surface area contributed by atoms with E-state index in [4.69, 9.17) is 10.8 Å². The van der Waals surface area contributed by atoms with Gasteiger partial charge in [-0.15, -0.1) is 0 Å². The quantitative estimate of drug-likeness (QED) is 0.825. The number of hydrogen-bond acceptors (Lipinski definition) is 3. The van der Waals surface area contributed by atoms with Gasteiger partial charge < -0.3 is 10.8 Å². The van der Waals surface area contributed by atoms with Crippen LogP contribution in [0, 0.1) is 0 Å². The van der Waals surface area contributed by atoms with Crippen molar-refractivity contribution in [1.29, 1.82) is 0 Å². The summed E-state index contributed by atoms with van der Waals surface area (Å²) in [5.41, 5.74) is 7.68. The molecular formula is C12H17NO2S. The molecule has 1 rings (SSSR count). The lowest BCUT2D eigenvalue weighted by molar-refractivity contribution is -0.138. The van der Waals surface area contributed by atoms with Crippen molar-refractivity contribution in [3.63, 3.8) is 0 Å². The van der Waals surface area contributed by atoms with Gasteiger partial charge in [0.2, 0.25) is 0 Å². The van der Waals surface area contributed by atoms with Crippen LogP contribution in [0.1, 0.15) is 23.3 Å². The molecule has 0 aliphatic heterocycles. The molecular weight excluding hydrogens is 222 g/mol. The summed E-state index contributed by atoms with van der Waals surface area (Å²) in [6.07, 6.45) is 2.45. The van der Waals surface area contributed by atoms with Crippen LogP contribution in [-0.4, -0.2) is 23.4 Å². The molecule has 0 radical (unpaired) electrons. The van der Waals surface area contributed by atoms with E-state index in [1.54, 1.807) is 11.8 Å². The van der Waals surface area contributed by atoms with Gasteiger partial charge in [0.05, 0.1) is 0 Å². The topological polar surface area (TPSA) is 63.3 Å². The molecule has 1 aromatic carbocycles. The zero-order valence-electron chi connectivity index (χ0n) is 9.51. The third-order valence-corrected chi connectivity index (χ3v) is 3.55. The molecule has 0 saturated carbocycles. The number of carboxylic acids is 1. The SMILES string of the molecule is CSC(C)c1ccc(C[C@@H](N)C(=O)O)cc1. The highest BCUT2D eigenvalue weighted by Gasteiger charge is 2.12. The van der Waals surface area contributed by atoms with Crippen LogP contribution >= 0.6 is 11.8 Å². The van der Waals surface area contributed by atoms with E-state index in [0.717, 1.165) is 5.56 Å². The van der Waals surface area contributed by atoms with E-state index in [1.807, 2.05) is 24.3 Å². The maximum absolute atomic E-state index is 10.6. The van der Waals surface area contributed by atoms with E-state index in [1.165, 1.54) is 5.56 Å². The molecule has 3 nitrogen and oxygen atoms in total. The molecule has 0 saturated heterocycles. The standard InChI is InChI=1S/C12H17NO2S/c1-8(16-2)10-5-3-9(4-6-10)7-11(13)12(14)15/h3-6,8,11H,7,13H2,1-2H3,(H,14,15)/t8?,11-/m1/s1. The Labute approximate surface area is 100 Å². The first-order chi connectivity index (χ1) is 7.54. The van der Waals surface area contributed by atoms with Crippen LogP contribution < -0.4 is 5.73 Å². The predicted molar refractivity (Wildman–Crippen MR) is 67.7 cm³/mol. The van der Waals surface area contributed by atoms with Crippen LogP contribution in [0.5, 0.6) is 0 Å². The van der Waals surface area contributed by atoms with Gasteiger partial charge in [0.25, 0.3) is 0 Å². The largest absolute Gasteiger partial charge is 0.480 e. The van der Waals surface area contributed by atoms with Crippen molar-refractivity contribution in [3.05, 3.63) is 35.4 Å². The van der Waals surface area contributed by atoms with Crippen LogP contribution in [0.3, 0.4) is 0 Å². The molecule has 0 aliphatic carbocycles. The van der Waals surface area contributed by atoms with E-state index >= 15 is 0 Å². The normalized spacial score (nSPS) is 14.4. The van der Waals surface area contributed by atoms with E-state index in [9.17, 15) is 4.79 Å². The highest BCUT2D eigenvalue weighted by molar-refractivity contribution is 7.98. The Bertz CT molecular complexity index is 351. The Balaban J connectivity index is 2.68. The van der Waals surface area contributed by atoms with E-state index in [0.29, 0.717) is 11.7 Å². The van der Waals surface area contributed by atoms with Crippen LogP contribution in [0.15, 0.2) is 24.3 Å². The minimum Gasteiger partial charge on any atom is -0.480 e. The Morgan fingerprint density at radius 2 is 2.00 bits per heavy atom. The Morgan fingerprint density at radius 1 is 1.44 bits per heavy atom. The summed E-state index contributed by atoms with van der Waals surface area (Å²) in [5, 5.41) is 9.16. The molecule has 0 heterocycles. The fourth-order valence-corrected chi connectivity index (χ4v) is 1.83. The zero-order chi connectivity index (χ0) is 12.1. The number of aliphatic carboxylic acids is 1. The molecule has 88 valence electrons. The Morgan fingerprint density at radius 3 is 2.44 bits per heavy atom. The molecule has 0 bridgehead atoms. The second-order valence-electron chi connectivity index (χ2n) is 3.77. The molecule has 0 aromatic heterocycles. The van der Waals surface area contributed by atoms with Crippen molar-refractivity contribution < 1.29 is 9.90 Å². The van der Waals surface area contributed by atoms with Crippen molar-refractivity contribution in [3.8, 4) is 0 Å². The maximum Gasteiger partial charge on any atom is 0.320 e. The highest BCUT2D eigenvalue weighted by atomic mass is 32.2. The summed E-state index contributed by atoms with van der Waals surface area (Å²) >= 11 is 1.78. The van der Waals surface area contributed by atoms with E-state index in [-0.39, 0.29) is 0 Å². The fourth-order valence-electron chi connectivity index (χ4n) is 1.40. The summed E-state index contributed by atoms with van der Waals surface area (Å²) in [4.78, 5) is 10.6. The van der Waals surface area contributed by atoms with Gasteiger partial charge in [-0.1, -0.05) is 24.3 Å². The summed E-state index contributed by atoms with van der Waals surface area (Å²) in [6.45, 7) is 2.14. The number of carbonyl (C=O) groups is 1. The van der Waals surface area contributed by atoms with Crippen LogP contribution in [0.4, 0.5) is 0 Å². The first-order valence-electron chi connectivity index (χ1n) is 5.14. The van der Waals surface area contributed by atoms with Gasteiger partial charge in [-0.3, -0.25) is 4.79 Å². The molecule has 0 spiro atoms. The molecule has 0 aliphatic rings.